The summed E-state index contributed by atoms with van der Waals surface area (Å²) in [6.45, 7) is 0.684. The fraction of sp³-hybridized carbons (Fsp3) is 0.333. The molecule has 2 rings (SSSR count). The third-order valence-corrected chi connectivity index (χ3v) is 1.49. The molecule has 2 aliphatic heterocycles. The zero-order chi connectivity index (χ0) is 6.86. The normalized spacial score (nSPS) is 24.8. The quantitative estimate of drug-likeness (QED) is 0.453. The number of nitrogens with zero attached hydrogens (tertiary/aromatic N) is 4. The molecule has 4 heteroatoms. The molecule has 1 spiro atoms. The van der Waals surface area contributed by atoms with E-state index >= 15 is 0 Å². The molecule has 0 amide bonds. The summed E-state index contributed by atoms with van der Waals surface area (Å²) < 4.78 is 0. The molecule has 0 radical (unpaired) electrons. The van der Waals surface area contributed by atoms with Crippen LogP contribution in [-0.2, 0) is 0 Å². The Balaban J connectivity index is 2.32. The van der Waals surface area contributed by atoms with E-state index in [1.54, 1.807) is 25.0 Å². The van der Waals surface area contributed by atoms with Crippen LogP contribution in [0.25, 0.3) is 0 Å². The van der Waals surface area contributed by atoms with Gasteiger partial charge in [0.05, 0.1) is 12.0 Å². The molecule has 0 aromatic carbocycles. The lowest BCUT2D eigenvalue weighted by molar-refractivity contribution is 0.832. The van der Waals surface area contributed by atoms with Gasteiger partial charge in [0, 0.05) is 18.6 Å². The van der Waals surface area contributed by atoms with Crippen LogP contribution in [0, 0.1) is 5.41 Å². The Labute approximate surface area is 58.1 Å². The Morgan fingerprint density at radius 1 is 1.10 bits per heavy atom. The first-order valence-electron chi connectivity index (χ1n) is 3.03. The van der Waals surface area contributed by atoms with Gasteiger partial charge in [0.15, 0.2) is 0 Å². The number of rotatable bonds is 0. The van der Waals surface area contributed by atoms with Crippen LogP contribution in [0.3, 0.4) is 0 Å². The highest BCUT2D eigenvalue weighted by molar-refractivity contribution is 6.11. The summed E-state index contributed by atoms with van der Waals surface area (Å²) in [5.41, 5.74) is -0.200. The summed E-state index contributed by atoms with van der Waals surface area (Å²) in [6, 6.07) is 0. The minimum atomic E-state index is -0.200. The first-order valence-corrected chi connectivity index (χ1v) is 3.03. The van der Waals surface area contributed by atoms with Gasteiger partial charge in [0.2, 0.25) is 0 Å². The second-order valence-electron chi connectivity index (χ2n) is 2.34. The Hall–Kier alpha value is -1.32. The summed E-state index contributed by atoms with van der Waals surface area (Å²) in [4.78, 5) is 7.92. The van der Waals surface area contributed by atoms with E-state index < -0.39 is 0 Å². The van der Waals surface area contributed by atoms with Gasteiger partial charge in [0.1, 0.15) is 6.34 Å². The molecule has 50 valence electrons. The Morgan fingerprint density at radius 2 is 1.90 bits per heavy atom. The van der Waals surface area contributed by atoms with Crippen molar-refractivity contribution < 1.29 is 0 Å². The minimum absolute atomic E-state index is 0.200. The molecule has 2 aliphatic rings. The second kappa shape index (κ2) is 1.83. The van der Waals surface area contributed by atoms with Crippen molar-refractivity contribution in [1.29, 1.82) is 0 Å². The molecule has 4 nitrogen and oxygen atoms in total. The lowest BCUT2D eigenvalue weighted by Gasteiger charge is -2.14. The smallest absolute Gasteiger partial charge is 0.109 e. The van der Waals surface area contributed by atoms with Gasteiger partial charge < -0.3 is 0 Å². The highest BCUT2D eigenvalue weighted by atomic mass is 15.2. The number of aliphatic imine (C=N–C) groups is 2. The Kier molecular flexibility index (Phi) is 1.00. The monoisotopic (exact) mass is 134 g/mol. The van der Waals surface area contributed by atoms with E-state index in [9.17, 15) is 0 Å². The van der Waals surface area contributed by atoms with Gasteiger partial charge in [-0.05, 0) is 0 Å². The van der Waals surface area contributed by atoms with E-state index in [2.05, 4.69) is 20.2 Å². The van der Waals surface area contributed by atoms with Gasteiger partial charge in [-0.15, -0.1) is 0 Å². The van der Waals surface area contributed by atoms with Crippen molar-refractivity contribution in [2.45, 2.75) is 0 Å². The molecule has 0 atom stereocenters. The van der Waals surface area contributed by atoms with Crippen LogP contribution in [0.4, 0.5) is 0 Å². The van der Waals surface area contributed by atoms with Gasteiger partial charge in [-0.25, -0.2) is 4.99 Å². The van der Waals surface area contributed by atoms with Gasteiger partial charge in [-0.3, -0.25) is 4.99 Å². The average Bonchev–Trinajstić information content (AvgIpc) is 2.39. The van der Waals surface area contributed by atoms with E-state index in [0.717, 1.165) is 0 Å². The largest absolute Gasteiger partial charge is 0.272 e. The Morgan fingerprint density at radius 3 is 2.50 bits per heavy atom. The van der Waals surface area contributed by atoms with Crippen molar-refractivity contribution in [3.8, 4) is 0 Å². The second-order valence-corrected chi connectivity index (χ2v) is 2.34. The molecule has 0 aromatic heterocycles. The Bertz CT molecular complexity index is 236. The molecule has 0 unspecified atom stereocenters. The van der Waals surface area contributed by atoms with Crippen LogP contribution in [0.1, 0.15) is 0 Å². The molecule has 2 heterocycles. The maximum absolute atomic E-state index is 4.01. The molecule has 0 saturated heterocycles. The topological polar surface area (TPSA) is 49.4 Å². The van der Waals surface area contributed by atoms with Crippen LogP contribution in [-0.4, -0.2) is 31.5 Å². The van der Waals surface area contributed by atoms with Crippen molar-refractivity contribution in [2.75, 3.05) is 6.54 Å². The summed E-state index contributed by atoms with van der Waals surface area (Å²) in [5.74, 6) is 0. The third-order valence-electron chi connectivity index (χ3n) is 1.49. The van der Waals surface area contributed by atoms with Crippen molar-refractivity contribution in [2.24, 2.45) is 25.6 Å². The van der Waals surface area contributed by atoms with Crippen LogP contribution in [0.2, 0.25) is 0 Å². The van der Waals surface area contributed by atoms with Crippen LogP contribution < -0.4 is 0 Å². The highest BCUT2D eigenvalue weighted by Crippen LogP contribution is 2.15. The van der Waals surface area contributed by atoms with E-state index in [1.165, 1.54) is 0 Å². The van der Waals surface area contributed by atoms with E-state index in [1.807, 2.05) is 0 Å². The SMILES string of the molecule is C1=NC=NCC12C=NN=C2. The lowest BCUT2D eigenvalue weighted by Crippen LogP contribution is -2.29. The van der Waals surface area contributed by atoms with E-state index in [0.29, 0.717) is 6.54 Å². The standard InChI is InChI=1S/C6H6N4/c1-6(2-8-5-7-1)3-9-10-4-6/h1,3-5H,2H2. The maximum atomic E-state index is 4.01. The number of hydrogen-bond donors (Lipinski definition) is 0. The minimum Gasteiger partial charge on any atom is -0.272 e. The lowest BCUT2D eigenvalue weighted by atomic mass is 9.93. The van der Waals surface area contributed by atoms with Crippen molar-refractivity contribution in [3.63, 3.8) is 0 Å². The molecule has 0 fully saturated rings. The maximum Gasteiger partial charge on any atom is 0.109 e. The van der Waals surface area contributed by atoms with Crippen LogP contribution in [0.5, 0.6) is 0 Å². The van der Waals surface area contributed by atoms with Crippen molar-refractivity contribution in [1.82, 2.24) is 0 Å². The average molecular weight is 134 g/mol. The molecule has 0 bridgehead atoms. The van der Waals surface area contributed by atoms with Gasteiger partial charge in [0.25, 0.3) is 0 Å². The zero-order valence-electron chi connectivity index (χ0n) is 5.31. The third kappa shape index (κ3) is 0.689. The zero-order valence-corrected chi connectivity index (χ0v) is 5.31. The first kappa shape index (κ1) is 5.46. The number of hydrogen-bond acceptors (Lipinski definition) is 4. The van der Waals surface area contributed by atoms with E-state index in [-0.39, 0.29) is 5.41 Å². The predicted octanol–water partition coefficient (Wildman–Crippen LogP) is 0.156. The summed E-state index contributed by atoms with van der Waals surface area (Å²) in [5, 5.41) is 7.48. The van der Waals surface area contributed by atoms with Crippen molar-refractivity contribution >= 4 is 25.0 Å². The van der Waals surface area contributed by atoms with Crippen molar-refractivity contribution in [3.05, 3.63) is 0 Å². The van der Waals surface area contributed by atoms with E-state index in [4.69, 9.17) is 0 Å². The molecule has 0 aromatic rings. The summed E-state index contributed by atoms with van der Waals surface area (Å²) in [6.07, 6.45) is 6.87. The first-order chi connectivity index (χ1) is 4.91. The molecule has 0 N–H and O–H groups in total. The van der Waals surface area contributed by atoms with Gasteiger partial charge in [-0.1, -0.05) is 0 Å². The molecular formula is C6H6N4. The molecule has 0 saturated carbocycles. The summed E-state index contributed by atoms with van der Waals surface area (Å²) in [7, 11) is 0. The fourth-order valence-electron chi connectivity index (χ4n) is 0.922. The van der Waals surface area contributed by atoms with Crippen LogP contribution >= 0.6 is 0 Å². The van der Waals surface area contributed by atoms with Gasteiger partial charge >= 0.3 is 0 Å². The van der Waals surface area contributed by atoms with Crippen LogP contribution in [0.15, 0.2) is 20.2 Å². The highest BCUT2D eigenvalue weighted by Gasteiger charge is 2.27. The molecule has 0 aliphatic carbocycles. The fourth-order valence-corrected chi connectivity index (χ4v) is 0.922. The summed E-state index contributed by atoms with van der Waals surface area (Å²) >= 11 is 0. The van der Waals surface area contributed by atoms with Gasteiger partial charge in [-0.2, -0.15) is 10.2 Å². The molecular weight excluding hydrogens is 128 g/mol. The molecule has 10 heavy (non-hydrogen) atoms. The predicted molar refractivity (Wildman–Crippen MR) is 41.3 cm³/mol.